The van der Waals surface area contributed by atoms with E-state index in [0.717, 1.165) is 0 Å². The second-order valence-corrected chi connectivity index (χ2v) is 8.82. The van der Waals surface area contributed by atoms with Gasteiger partial charge in [-0.3, -0.25) is 14.5 Å². The van der Waals surface area contributed by atoms with Crippen molar-refractivity contribution >= 4 is 29.5 Å². The van der Waals surface area contributed by atoms with Gasteiger partial charge in [-0.1, -0.05) is 11.8 Å². The van der Waals surface area contributed by atoms with Crippen molar-refractivity contribution in [1.29, 1.82) is 0 Å². The molecule has 3 heterocycles. The summed E-state index contributed by atoms with van der Waals surface area (Å²) in [6, 6.07) is 2.65. The second-order valence-electron chi connectivity index (χ2n) is 7.64. The van der Waals surface area contributed by atoms with E-state index in [9.17, 15) is 14.4 Å². The third-order valence-electron chi connectivity index (χ3n) is 4.31. The van der Waals surface area contributed by atoms with Crippen molar-refractivity contribution in [3.63, 3.8) is 0 Å². The van der Waals surface area contributed by atoms with E-state index < -0.39 is 28.4 Å². The van der Waals surface area contributed by atoms with Gasteiger partial charge in [0, 0.05) is 7.11 Å². The van der Waals surface area contributed by atoms with Gasteiger partial charge >= 0.3 is 5.97 Å². The molecule has 28 heavy (non-hydrogen) atoms. The van der Waals surface area contributed by atoms with Crippen LogP contribution < -0.4 is 5.32 Å². The monoisotopic (exact) mass is 408 g/mol. The molecule has 0 radical (unpaired) electrons. The maximum atomic E-state index is 12.7. The Kier molecular flexibility index (Phi) is 5.58. The number of fused-ring (bicyclic) bond motifs is 1. The molecule has 8 nitrogen and oxygen atoms in total. The van der Waals surface area contributed by atoms with Crippen LogP contribution in [0.3, 0.4) is 0 Å². The van der Waals surface area contributed by atoms with E-state index in [1.54, 1.807) is 39.8 Å². The lowest BCUT2D eigenvalue weighted by Crippen LogP contribution is -2.71. The number of nitrogens with zero attached hydrogens (tertiary/aromatic N) is 1. The van der Waals surface area contributed by atoms with Crippen LogP contribution in [0.2, 0.25) is 0 Å². The molecule has 1 aromatic rings. The van der Waals surface area contributed by atoms with Crippen LogP contribution in [0.4, 0.5) is 0 Å². The Hall–Kier alpha value is -2.26. The van der Waals surface area contributed by atoms with Gasteiger partial charge in [-0.05, 0) is 45.4 Å². The van der Waals surface area contributed by atoms with E-state index in [4.69, 9.17) is 13.9 Å². The van der Waals surface area contributed by atoms with Crippen molar-refractivity contribution < 1.29 is 28.3 Å². The predicted octanol–water partition coefficient (Wildman–Crippen LogP) is 1.81. The first-order valence-corrected chi connectivity index (χ1v) is 9.84. The average Bonchev–Trinajstić information content (AvgIpc) is 3.10. The van der Waals surface area contributed by atoms with E-state index in [2.05, 4.69) is 5.32 Å². The molecule has 152 valence electrons. The highest BCUT2D eigenvalue weighted by atomic mass is 32.2. The zero-order chi connectivity index (χ0) is 20.6. The molecule has 1 fully saturated rings. The number of carbonyl (C=O) groups excluding carboxylic acids is 3. The van der Waals surface area contributed by atoms with Crippen LogP contribution in [0.15, 0.2) is 34.1 Å². The van der Waals surface area contributed by atoms with Crippen LogP contribution in [-0.2, 0) is 30.3 Å². The number of furan rings is 1. The van der Waals surface area contributed by atoms with Gasteiger partial charge in [-0.2, -0.15) is 0 Å². The van der Waals surface area contributed by atoms with Gasteiger partial charge in [0.2, 0.25) is 5.91 Å². The first kappa shape index (κ1) is 20.5. The summed E-state index contributed by atoms with van der Waals surface area (Å²) in [5.41, 5.74) is -0.308. The van der Waals surface area contributed by atoms with Crippen molar-refractivity contribution in [2.24, 2.45) is 0 Å². The van der Waals surface area contributed by atoms with Gasteiger partial charge in [-0.25, -0.2) is 4.79 Å². The fourth-order valence-corrected chi connectivity index (χ4v) is 4.47. The number of hydrogen-bond acceptors (Lipinski definition) is 7. The van der Waals surface area contributed by atoms with Gasteiger partial charge in [0.05, 0.1) is 12.7 Å². The SMILES string of the molecule is CO[C@H]1S[C@H]2[C@@H](NC(=O)Cc3ccco3)C(=O)N2C(C(=O)OC(C)(C)C)=C1C. The predicted molar refractivity (Wildman–Crippen MR) is 102 cm³/mol. The molecule has 3 atom stereocenters. The molecule has 3 rings (SSSR count). The standard InChI is InChI=1S/C19H24N2O6S/c1-10-14(17(24)27-19(2,3)4)21-15(23)13(16(21)28-18(10)25-5)20-12(22)9-11-7-6-8-26-11/h6-8,13,16,18H,9H2,1-5H3,(H,20,22)/t13-,16-,18-/m0/s1. The Morgan fingerprint density at radius 2 is 2.07 bits per heavy atom. The summed E-state index contributed by atoms with van der Waals surface area (Å²) in [6.07, 6.45) is 1.52. The topological polar surface area (TPSA) is 98.1 Å². The van der Waals surface area contributed by atoms with Crippen LogP contribution in [0.25, 0.3) is 0 Å². The number of thioether (sulfide) groups is 1. The number of esters is 1. The fraction of sp³-hybridized carbons (Fsp3) is 0.526. The molecular formula is C19H24N2O6S. The Morgan fingerprint density at radius 1 is 1.36 bits per heavy atom. The highest BCUT2D eigenvalue weighted by Crippen LogP contribution is 2.44. The van der Waals surface area contributed by atoms with Crippen molar-refractivity contribution in [3.05, 3.63) is 35.4 Å². The van der Waals surface area contributed by atoms with Crippen molar-refractivity contribution in [2.45, 2.75) is 56.6 Å². The molecule has 1 N–H and O–H groups in total. The average molecular weight is 408 g/mol. The Balaban J connectivity index is 1.77. The molecule has 2 aliphatic heterocycles. The number of ether oxygens (including phenoxy) is 2. The number of hydrogen-bond donors (Lipinski definition) is 1. The van der Waals surface area contributed by atoms with Crippen molar-refractivity contribution in [2.75, 3.05) is 7.11 Å². The minimum absolute atomic E-state index is 0.0374. The Morgan fingerprint density at radius 3 is 2.64 bits per heavy atom. The van der Waals surface area contributed by atoms with Gasteiger partial charge in [0.15, 0.2) is 0 Å². The van der Waals surface area contributed by atoms with Crippen LogP contribution in [0.5, 0.6) is 0 Å². The lowest BCUT2D eigenvalue weighted by Gasteiger charge is -2.51. The first-order valence-electron chi connectivity index (χ1n) is 8.89. The summed E-state index contributed by atoms with van der Waals surface area (Å²) in [4.78, 5) is 39.1. The minimum Gasteiger partial charge on any atom is -0.469 e. The van der Waals surface area contributed by atoms with Crippen LogP contribution in [-0.4, -0.2) is 52.2 Å². The minimum atomic E-state index is -0.740. The first-order chi connectivity index (χ1) is 13.1. The van der Waals surface area contributed by atoms with Gasteiger partial charge in [-0.15, -0.1) is 0 Å². The molecule has 2 aliphatic rings. The van der Waals surface area contributed by atoms with Crippen LogP contribution in [0, 0.1) is 0 Å². The molecular weight excluding hydrogens is 384 g/mol. The Bertz CT molecular complexity index is 811. The summed E-state index contributed by atoms with van der Waals surface area (Å²) in [5, 5.41) is 2.29. The molecule has 0 unspecified atom stereocenters. The molecule has 1 saturated heterocycles. The third kappa shape index (κ3) is 3.95. The maximum Gasteiger partial charge on any atom is 0.355 e. The number of nitrogens with one attached hydrogen (secondary N) is 1. The third-order valence-corrected chi connectivity index (χ3v) is 5.87. The normalized spacial score (nSPS) is 24.5. The van der Waals surface area contributed by atoms with Gasteiger partial charge < -0.3 is 19.2 Å². The van der Waals surface area contributed by atoms with Gasteiger partial charge in [0.1, 0.15) is 33.9 Å². The van der Waals surface area contributed by atoms with Gasteiger partial charge in [0.25, 0.3) is 5.91 Å². The molecule has 1 aromatic heterocycles. The lowest BCUT2D eigenvalue weighted by molar-refractivity contribution is -0.159. The smallest absolute Gasteiger partial charge is 0.355 e. The van der Waals surface area contributed by atoms with Crippen molar-refractivity contribution in [1.82, 2.24) is 10.2 Å². The summed E-state index contributed by atoms with van der Waals surface area (Å²) < 4.78 is 16.1. The number of rotatable bonds is 5. The van der Waals surface area contributed by atoms with E-state index in [1.165, 1.54) is 30.0 Å². The largest absolute Gasteiger partial charge is 0.469 e. The molecule has 9 heteroatoms. The number of amides is 2. The maximum absolute atomic E-state index is 12.7. The number of carbonyl (C=O) groups is 3. The van der Waals surface area contributed by atoms with Crippen molar-refractivity contribution in [3.8, 4) is 0 Å². The highest BCUT2D eigenvalue weighted by molar-refractivity contribution is 8.00. The molecule has 0 aromatic carbocycles. The molecule has 2 amide bonds. The fourth-order valence-electron chi connectivity index (χ4n) is 3.12. The zero-order valence-electron chi connectivity index (χ0n) is 16.5. The number of β-lactam (4-membered cyclic amide) rings is 1. The lowest BCUT2D eigenvalue weighted by atomic mass is 10.0. The second kappa shape index (κ2) is 7.63. The van der Waals surface area contributed by atoms with E-state index in [0.29, 0.717) is 11.3 Å². The molecule has 0 spiro atoms. The van der Waals surface area contributed by atoms with E-state index in [-0.39, 0.29) is 23.9 Å². The molecule has 0 saturated carbocycles. The zero-order valence-corrected chi connectivity index (χ0v) is 17.3. The van der Waals surface area contributed by atoms with E-state index >= 15 is 0 Å². The molecule has 0 bridgehead atoms. The molecule has 0 aliphatic carbocycles. The van der Waals surface area contributed by atoms with E-state index in [1.807, 2.05) is 0 Å². The summed E-state index contributed by atoms with van der Waals surface area (Å²) in [7, 11) is 1.54. The number of methoxy groups -OCH3 is 1. The summed E-state index contributed by atoms with van der Waals surface area (Å²) in [6.45, 7) is 7.03. The van der Waals surface area contributed by atoms with Crippen LogP contribution >= 0.6 is 11.8 Å². The quantitative estimate of drug-likeness (QED) is 0.586. The van der Waals surface area contributed by atoms with Crippen LogP contribution in [0.1, 0.15) is 33.5 Å². The Labute approximate surface area is 167 Å². The summed E-state index contributed by atoms with van der Waals surface area (Å²) in [5.74, 6) is -0.740. The summed E-state index contributed by atoms with van der Waals surface area (Å²) >= 11 is 1.37. The highest BCUT2D eigenvalue weighted by Gasteiger charge is 2.56.